The molecule has 0 spiro atoms. The predicted molar refractivity (Wildman–Crippen MR) is 62.5 cm³/mol. The smallest absolute Gasteiger partial charge is 0.353 e. The number of nitrogens with one attached hydrogen (secondary N) is 1. The molecule has 18 heavy (non-hydrogen) atoms. The van der Waals surface area contributed by atoms with Crippen molar-refractivity contribution in [1.82, 2.24) is 10.2 Å². The van der Waals surface area contributed by atoms with Gasteiger partial charge < -0.3 is 9.84 Å². The van der Waals surface area contributed by atoms with E-state index >= 15 is 0 Å². The molecule has 1 heterocycles. The molecule has 1 aromatic heterocycles. The fourth-order valence-corrected chi connectivity index (χ4v) is 1.63. The Kier molecular flexibility index (Phi) is 3.20. The van der Waals surface area contributed by atoms with Crippen molar-refractivity contribution in [2.24, 2.45) is 0 Å². The molecule has 0 saturated heterocycles. The van der Waals surface area contributed by atoms with E-state index in [4.69, 9.17) is 21.4 Å². The van der Waals surface area contributed by atoms with Gasteiger partial charge in [-0.1, -0.05) is 11.6 Å². The minimum atomic E-state index is -1.14. The number of H-pyrrole nitrogens is 1. The molecule has 0 fully saturated rings. The second-order valence-electron chi connectivity index (χ2n) is 3.45. The van der Waals surface area contributed by atoms with Crippen LogP contribution in [-0.2, 0) is 0 Å². The molecule has 5 nitrogen and oxygen atoms in total. The summed E-state index contributed by atoms with van der Waals surface area (Å²) >= 11 is 5.69. The second kappa shape index (κ2) is 4.66. The largest absolute Gasteiger partial charge is 0.495 e. The van der Waals surface area contributed by atoms with Crippen molar-refractivity contribution in [3.63, 3.8) is 0 Å². The molecule has 0 atom stereocenters. The Balaban J connectivity index is 2.50. The Hall–Kier alpha value is -2.08. The van der Waals surface area contributed by atoms with E-state index in [-0.39, 0.29) is 16.5 Å². The Bertz CT molecular complexity index is 612. The molecule has 0 unspecified atom stereocenters. The highest BCUT2D eigenvalue weighted by Crippen LogP contribution is 2.32. The number of carboxylic acid groups (broad SMARTS) is 1. The number of hydrogen-bond donors (Lipinski definition) is 2. The Labute approximate surface area is 106 Å². The van der Waals surface area contributed by atoms with Crippen LogP contribution in [0.3, 0.4) is 0 Å². The average Bonchev–Trinajstić information content (AvgIpc) is 2.82. The lowest BCUT2D eigenvalue weighted by atomic mass is 10.1. The zero-order valence-electron chi connectivity index (χ0n) is 9.20. The van der Waals surface area contributed by atoms with Crippen molar-refractivity contribution >= 4 is 17.6 Å². The van der Waals surface area contributed by atoms with Crippen LogP contribution in [0.15, 0.2) is 18.2 Å². The number of nitrogens with zero attached hydrogens (tertiary/aromatic N) is 1. The monoisotopic (exact) mass is 270 g/mol. The summed E-state index contributed by atoms with van der Waals surface area (Å²) in [6, 6.07) is 3.93. The standard InChI is InChI=1S/C11H8ClFN2O3/c1-18-9-3-5(2-6(13)10(9)12)7-4-8(11(16)17)15-14-7/h2-4H,1H3,(H,14,15)(H,16,17). The number of hydrogen-bond acceptors (Lipinski definition) is 3. The Morgan fingerprint density at radius 1 is 1.50 bits per heavy atom. The first-order valence-electron chi connectivity index (χ1n) is 4.85. The van der Waals surface area contributed by atoms with Gasteiger partial charge in [0.05, 0.1) is 12.8 Å². The number of benzene rings is 1. The SMILES string of the molecule is COc1cc(-c2cc(C(=O)O)[nH]n2)cc(F)c1Cl. The molecule has 2 N–H and O–H groups in total. The summed E-state index contributed by atoms with van der Waals surface area (Å²) in [5, 5.41) is 14.7. The number of aromatic amines is 1. The van der Waals surface area contributed by atoms with Crippen LogP contribution in [0.1, 0.15) is 10.5 Å². The van der Waals surface area contributed by atoms with Crippen molar-refractivity contribution in [2.45, 2.75) is 0 Å². The van der Waals surface area contributed by atoms with Gasteiger partial charge >= 0.3 is 5.97 Å². The number of aromatic carboxylic acids is 1. The van der Waals surface area contributed by atoms with Gasteiger partial charge in [-0.05, 0) is 18.2 Å². The van der Waals surface area contributed by atoms with E-state index in [0.717, 1.165) is 6.07 Å². The van der Waals surface area contributed by atoms with Gasteiger partial charge in [-0.3, -0.25) is 5.10 Å². The summed E-state index contributed by atoms with van der Waals surface area (Å²) < 4.78 is 18.4. The van der Waals surface area contributed by atoms with Gasteiger partial charge in [0, 0.05) is 5.56 Å². The molecule has 94 valence electrons. The fourth-order valence-electron chi connectivity index (χ4n) is 1.44. The highest BCUT2D eigenvalue weighted by molar-refractivity contribution is 6.32. The molecule has 0 bridgehead atoms. The third kappa shape index (κ3) is 2.14. The molecule has 0 aliphatic heterocycles. The minimum absolute atomic E-state index is 0.0840. The first-order chi connectivity index (χ1) is 8.52. The summed E-state index contributed by atoms with van der Waals surface area (Å²) in [6.45, 7) is 0. The van der Waals surface area contributed by atoms with Crippen molar-refractivity contribution < 1.29 is 19.0 Å². The highest BCUT2D eigenvalue weighted by atomic mass is 35.5. The second-order valence-corrected chi connectivity index (χ2v) is 3.82. The topological polar surface area (TPSA) is 75.2 Å². The first-order valence-corrected chi connectivity index (χ1v) is 5.23. The molecule has 2 aromatic rings. The summed E-state index contributed by atoms with van der Waals surface area (Å²) in [5.74, 6) is -1.65. The maximum absolute atomic E-state index is 13.5. The molecule has 0 saturated carbocycles. The van der Waals surface area contributed by atoms with E-state index in [2.05, 4.69) is 10.2 Å². The average molecular weight is 271 g/mol. The lowest BCUT2D eigenvalue weighted by molar-refractivity contribution is 0.0690. The van der Waals surface area contributed by atoms with Crippen molar-refractivity contribution in [3.8, 4) is 17.0 Å². The zero-order valence-corrected chi connectivity index (χ0v) is 9.95. The number of rotatable bonds is 3. The van der Waals surface area contributed by atoms with Crippen LogP contribution < -0.4 is 4.74 Å². The maximum Gasteiger partial charge on any atom is 0.353 e. The highest BCUT2D eigenvalue weighted by Gasteiger charge is 2.14. The molecule has 1 aromatic carbocycles. The van der Waals surface area contributed by atoms with Crippen LogP contribution in [0.4, 0.5) is 4.39 Å². The predicted octanol–water partition coefficient (Wildman–Crippen LogP) is 2.58. The van der Waals surface area contributed by atoms with E-state index < -0.39 is 11.8 Å². The third-order valence-corrected chi connectivity index (χ3v) is 2.69. The third-order valence-electron chi connectivity index (χ3n) is 2.32. The van der Waals surface area contributed by atoms with Crippen molar-refractivity contribution in [1.29, 1.82) is 0 Å². The van der Waals surface area contributed by atoms with E-state index in [1.807, 2.05) is 0 Å². The number of carbonyl (C=O) groups is 1. The van der Waals surface area contributed by atoms with E-state index in [0.29, 0.717) is 11.3 Å². The lowest BCUT2D eigenvalue weighted by Gasteiger charge is -2.05. The number of ether oxygens (including phenoxy) is 1. The number of halogens is 2. The van der Waals surface area contributed by atoms with Crippen LogP contribution in [0.25, 0.3) is 11.3 Å². The van der Waals surface area contributed by atoms with Gasteiger partial charge in [0.1, 0.15) is 22.3 Å². The summed E-state index contributed by atoms with van der Waals surface area (Å²) in [6.07, 6.45) is 0. The molecule has 2 rings (SSSR count). The van der Waals surface area contributed by atoms with Crippen LogP contribution in [-0.4, -0.2) is 28.4 Å². The number of aromatic nitrogens is 2. The molecule has 0 radical (unpaired) electrons. The molecule has 0 aliphatic rings. The van der Waals surface area contributed by atoms with Crippen LogP contribution >= 0.6 is 11.6 Å². The van der Waals surface area contributed by atoms with Crippen molar-refractivity contribution in [2.75, 3.05) is 7.11 Å². The van der Waals surface area contributed by atoms with Crippen LogP contribution in [0, 0.1) is 5.82 Å². The van der Waals surface area contributed by atoms with Crippen molar-refractivity contribution in [3.05, 3.63) is 34.7 Å². The first kappa shape index (κ1) is 12.4. The fraction of sp³-hybridized carbons (Fsp3) is 0.0909. The normalized spacial score (nSPS) is 10.4. The van der Waals surface area contributed by atoms with E-state index in [1.54, 1.807) is 0 Å². The zero-order chi connectivity index (χ0) is 13.3. The molecule has 0 aliphatic carbocycles. The molecular weight excluding hydrogens is 263 g/mol. The Morgan fingerprint density at radius 3 is 2.78 bits per heavy atom. The maximum atomic E-state index is 13.5. The van der Waals surface area contributed by atoms with Gasteiger partial charge in [0.2, 0.25) is 0 Å². The minimum Gasteiger partial charge on any atom is -0.495 e. The van der Waals surface area contributed by atoms with Gasteiger partial charge in [-0.15, -0.1) is 0 Å². The van der Waals surface area contributed by atoms with E-state index in [1.165, 1.54) is 19.2 Å². The van der Waals surface area contributed by atoms with Gasteiger partial charge in [0.25, 0.3) is 0 Å². The van der Waals surface area contributed by atoms with Crippen LogP contribution in [0.2, 0.25) is 5.02 Å². The molecule has 0 amide bonds. The van der Waals surface area contributed by atoms with E-state index in [9.17, 15) is 9.18 Å². The number of carboxylic acids is 1. The summed E-state index contributed by atoms with van der Waals surface area (Å²) in [5.41, 5.74) is 0.582. The lowest BCUT2D eigenvalue weighted by Crippen LogP contribution is -1.95. The van der Waals surface area contributed by atoms with Gasteiger partial charge in [-0.25, -0.2) is 9.18 Å². The Morgan fingerprint density at radius 2 is 2.22 bits per heavy atom. The summed E-state index contributed by atoms with van der Waals surface area (Å²) in [7, 11) is 1.36. The van der Waals surface area contributed by atoms with Gasteiger partial charge in [-0.2, -0.15) is 5.10 Å². The summed E-state index contributed by atoms with van der Waals surface area (Å²) in [4.78, 5) is 10.7. The molecular formula is C11H8ClFN2O3. The quantitative estimate of drug-likeness (QED) is 0.899. The van der Waals surface area contributed by atoms with Gasteiger partial charge in [0.15, 0.2) is 0 Å². The molecule has 7 heteroatoms. The number of methoxy groups -OCH3 is 1. The van der Waals surface area contributed by atoms with Crippen LogP contribution in [0.5, 0.6) is 5.75 Å².